The first-order chi connectivity index (χ1) is 6.36. The van der Waals surface area contributed by atoms with Gasteiger partial charge in [-0.25, -0.2) is 4.57 Å². The van der Waals surface area contributed by atoms with E-state index in [1.165, 1.54) is 11.1 Å². The van der Waals surface area contributed by atoms with Crippen molar-refractivity contribution in [2.75, 3.05) is 0 Å². The van der Waals surface area contributed by atoms with Crippen molar-refractivity contribution in [2.45, 2.75) is 0 Å². The standard InChI is InChI=1S/C6H8N.C6H4.ClH/c1-7-5-3-2-4-6-7;1-2-6-4-3-5(1)6;/h2-6H,1H3;1-4H;1H/q+1;;/p-1. The highest BCUT2D eigenvalue weighted by molar-refractivity contribution is 5.75. The van der Waals surface area contributed by atoms with Crippen molar-refractivity contribution in [2.24, 2.45) is 7.05 Å². The van der Waals surface area contributed by atoms with Gasteiger partial charge in [-0.1, -0.05) is 30.3 Å². The quantitative estimate of drug-likeness (QED) is 0.423. The Balaban J connectivity index is 0.000000131. The van der Waals surface area contributed by atoms with E-state index >= 15 is 0 Å². The summed E-state index contributed by atoms with van der Waals surface area (Å²) in [6, 6.07) is 14.5. The maximum atomic E-state index is 2.12. The number of rotatable bonds is 0. The summed E-state index contributed by atoms with van der Waals surface area (Å²) in [5, 5.41) is 0. The summed E-state index contributed by atoms with van der Waals surface area (Å²) in [6.07, 6.45) is 4.00. The van der Waals surface area contributed by atoms with E-state index in [9.17, 15) is 0 Å². The lowest BCUT2D eigenvalue weighted by atomic mass is 9.95. The second kappa shape index (κ2) is 4.77. The predicted octanol–water partition coefficient (Wildman–Crippen LogP) is -0.818. The van der Waals surface area contributed by atoms with Crippen LogP contribution in [0.4, 0.5) is 0 Å². The summed E-state index contributed by atoms with van der Waals surface area (Å²) >= 11 is 0. The zero-order valence-corrected chi connectivity index (χ0v) is 8.78. The van der Waals surface area contributed by atoms with Crippen molar-refractivity contribution in [1.29, 1.82) is 0 Å². The zero-order valence-electron chi connectivity index (χ0n) is 8.02. The van der Waals surface area contributed by atoms with Gasteiger partial charge in [0.2, 0.25) is 0 Å². The third-order valence-corrected chi connectivity index (χ3v) is 2.08. The van der Waals surface area contributed by atoms with E-state index in [0.717, 1.165) is 0 Å². The van der Waals surface area contributed by atoms with Crippen LogP contribution in [-0.4, -0.2) is 0 Å². The number of fused-ring (bicyclic) bond motifs is 1. The molecule has 0 aromatic carbocycles. The molecule has 2 heteroatoms. The summed E-state index contributed by atoms with van der Waals surface area (Å²) in [5.41, 5.74) is 2.85. The molecular formula is C12H12ClN. The van der Waals surface area contributed by atoms with Crippen molar-refractivity contribution in [3.63, 3.8) is 0 Å². The molecule has 1 aromatic heterocycles. The van der Waals surface area contributed by atoms with E-state index in [0.29, 0.717) is 0 Å². The Bertz CT molecular complexity index is 360. The monoisotopic (exact) mass is 205 g/mol. The van der Waals surface area contributed by atoms with E-state index in [1.807, 2.05) is 42.2 Å². The maximum absolute atomic E-state index is 2.12. The van der Waals surface area contributed by atoms with Gasteiger partial charge in [-0.3, -0.25) is 0 Å². The Morgan fingerprint density at radius 2 is 1.21 bits per heavy atom. The zero-order chi connectivity index (χ0) is 9.10. The number of aryl methyl sites for hydroxylation is 1. The van der Waals surface area contributed by atoms with Gasteiger partial charge in [0.15, 0.2) is 12.4 Å². The molecule has 72 valence electrons. The van der Waals surface area contributed by atoms with Crippen molar-refractivity contribution >= 4 is 0 Å². The lowest BCUT2D eigenvalue weighted by Crippen LogP contribution is -3.00. The number of nitrogens with zero attached hydrogens (tertiary/aromatic N) is 1. The van der Waals surface area contributed by atoms with Crippen molar-refractivity contribution in [1.82, 2.24) is 0 Å². The second-order valence-corrected chi connectivity index (χ2v) is 3.12. The van der Waals surface area contributed by atoms with Crippen LogP contribution in [0.1, 0.15) is 0 Å². The average molecular weight is 206 g/mol. The van der Waals surface area contributed by atoms with Crippen LogP contribution >= 0.6 is 0 Å². The first kappa shape index (κ1) is 10.7. The Kier molecular flexibility index (Phi) is 3.66. The molecule has 0 amide bonds. The van der Waals surface area contributed by atoms with Gasteiger partial charge < -0.3 is 12.4 Å². The van der Waals surface area contributed by atoms with Crippen LogP contribution in [0.2, 0.25) is 0 Å². The molecule has 3 rings (SSSR count). The molecule has 14 heavy (non-hydrogen) atoms. The summed E-state index contributed by atoms with van der Waals surface area (Å²) in [5.74, 6) is 0. The van der Waals surface area contributed by atoms with Crippen molar-refractivity contribution in [3.8, 4) is 11.1 Å². The molecule has 2 aliphatic carbocycles. The number of benzene rings is 1. The van der Waals surface area contributed by atoms with E-state index in [2.05, 4.69) is 24.3 Å². The summed E-state index contributed by atoms with van der Waals surface area (Å²) in [7, 11) is 2.00. The van der Waals surface area contributed by atoms with Gasteiger partial charge in [-0.2, -0.15) is 0 Å². The highest BCUT2D eigenvalue weighted by Gasteiger charge is 2.03. The number of hydrogen-bond donors (Lipinski definition) is 0. The summed E-state index contributed by atoms with van der Waals surface area (Å²) < 4.78 is 2.00. The van der Waals surface area contributed by atoms with Gasteiger partial charge >= 0.3 is 0 Å². The van der Waals surface area contributed by atoms with Gasteiger partial charge in [0.1, 0.15) is 7.05 Å². The molecule has 2 aliphatic rings. The van der Waals surface area contributed by atoms with Crippen LogP contribution in [0.5, 0.6) is 0 Å². The lowest BCUT2D eigenvalue weighted by Gasteiger charge is -2.10. The van der Waals surface area contributed by atoms with Gasteiger partial charge in [0.25, 0.3) is 0 Å². The van der Waals surface area contributed by atoms with Gasteiger partial charge in [0, 0.05) is 12.1 Å². The van der Waals surface area contributed by atoms with Crippen LogP contribution in [0.3, 0.4) is 0 Å². The summed E-state index contributed by atoms with van der Waals surface area (Å²) in [4.78, 5) is 0. The first-order valence-electron chi connectivity index (χ1n) is 4.37. The number of halogens is 1. The fourth-order valence-corrected chi connectivity index (χ4v) is 1.15. The predicted molar refractivity (Wildman–Crippen MR) is 53.1 cm³/mol. The number of aromatic nitrogens is 1. The van der Waals surface area contributed by atoms with E-state index in [1.54, 1.807) is 0 Å². The minimum absolute atomic E-state index is 0. The average Bonchev–Trinajstić information content (AvgIpc) is 2.14. The second-order valence-electron chi connectivity index (χ2n) is 3.12. The minimum Gasteiger partial charge on any atom is -1.00 e. The van der Waals surface area contributed by atoms with Crippen molar-refractivity contribution in [3.05, 3.63) is 54.9 Å². The molecule has 0 unspecified atom stereocenters. The molecule has 1 nitrogen and oxygen atoms in total. The van der Waals surface area contributed by atoms with Crippen LogP contribution in [0.15, 0.2) is 54.9 Å². The molecule has 0 bridgehead atoms. The number of pyridine rings is 1. The van der Waals surface area contributed by atoms with Crippen LogP contribution in [0.25, 0.3) is 11.1 Å². The summed E-state index contributed by atoms with van der Waals surface area (Å²) in [6.45, 7) is 0. The molecule has 0 saturated heterocycles. The smallest absolute Gasteiger partial charge is 0.168 e. The maximum Gasteiger partial charge on any atom is 0.168 e. The molecule has 0 aliphatic heterocycles. The molecule has 1 aromatic rings. The van der Waals surface area contributed by atoms with E-state index in [4.69, 9.17) is 0 Å². The first-order valence-corrected chi connectivity index (χ1v) is 4.37. The minimum atomic E-state index is 0. The molecule has 0 radical (unpaired) electrons. The number of hydrogen-bond acceptors (Lipinski definition) is 0. The topological polar surface area (TPSA) is 3.88 Å². The largest absolute Gasteiger partial charge is 1.00 e. The third-order valence-electron chi connectivity index (χ3n) is 2.08. The molecule has 0 N–H and O–H groups in total. The van der Waals surface area contributed by atoms with E-state index in [-0.39, 0.29) is 12.4 Å². The Morgan fingerprint density at radius 3 is 1.36 bits per heavy atom. The Morgan fingerprint density at radius 1 is 0.786 bits per heavy atom. The fourth-order valence-electron chi connectivity index (χ4n) is 1.15. The molecular weight excluding hydrogens is 194 g/mol. The van der Waals surface area contributed by atoms with Crippen molar-refractivity contribution < 1.29 is 17.0 Å². The Hall–Kier alpha value is -1.34. The fraction of sp³-hybridized carbons (Fsp3) is 0.0833. The van der Waals surface area contributed by atoms with Gasteiger partial charge in [-0.05, 0) is 11.1 Å². The van der Waals surface area contributed by atoms with Crippen LogP contribution < -0.4 is 17.0 Å². The molecule has 0 fully saturated rings. The molecule has 0 saturated carbocycles. The molecule has 0 spiro atoms. The van der Waals surface area contributed by atoms with Gasteiger partial charge in [-0.15, -0.1) is 0 Å². The highest BCUT2D eigenvalue weighted by atomic mass is 35.5. The molecule has 1 heterocycles. The normalized spacial score (nSPS) is 9.21. The van der Waals surface area contributed by atoms with Crippen LogP contribution in [0, 0.1) is 0 Å². The SMILES string of the molecule is C[n+]1ccccc1.[Cl-].c1cc2ccc1-2. The van der Waals surface area contributed by atoms with Crippen LogP contribution in [-0.2, 0) is 7.05 Å². The van der Waals surface area contributed by atoms with Gasteiger partial charge in [0.05, 0.1) is 0 Å². The molecule has 0 atom stereocenters. The Labute approximate surface area is 90.4 Å². The van der Waals surface area contributed by atoms with E-state index < -0.39 is 0 Å². The highest BCUT2D eigenvalue weighted by Crippen LogP contribution is 2.29. The lowest BCUT2D eigenvalue weighted by molar-refractivity contribution is -0.671. The third kappa shape index (κ3) is 2.33.